The minimum absolute atomic E-state index is 0.0153. The highest BCUT2D eigenvalue weighted by atomic mass is 31.2. The molecule has 2 aromatic rings. The van der Waals surface area contributed by atoms with E-state index in [2.05, 4.69) is 10.4 Å². The Hall–Kier alpha value is -3.51. The van der Waals surface area contributed by atoms with Gasteiger partial charge >= 0.3 is 13.5 Å². The molecular formula is C33H41N2O15P. The van der Waals surface area contributed by atoms with E-state index >= 15 is 0 Å². The second kappa shape index (κ2) is 14.1. The van der Waals surface area contributed by atoms with Crippen molar-refractivity contribution in [3.05, 3.63) is 41.0 Å². The molecule has 18 heteroatoms. The lowest BCUT2D eigenvalue weighted by atomic mass is 9.66. The number of carbonyl (C=O) groups excluding carboxylic acids is 2. The fourth-order valence-corrected chi connectivity index (χ4v) is 9.04. The molecule has 17 nitrogen and oxygen atoms in total. The van der Waals surface area contributed by atoms with Crippen molar-refractivity contribution < 1.29 is 71.9 Å². The first-order valence-electron chi connectivity index (χ1n) is 16.5. The smallest absolute Gasteiger partial charge is 0.310 e. The molecule has 1 amide bonds. The van der Waals surface area contributed by atoms with Crippen LogP contribution in [0.3, 0.4) is 0 Å². The number of aliphatic hydroxyl groups excluding tert-OH is 2. The van der Waals surface area contributed by atoms with Crippen LogP contribution in [-0.2, 0) is 37.8 Å². The number of fused-ring (bicyclic) bond motifs is 4. The number of ether oxygens (including phenoxy) is 9. The van der Waals surface area contributed by atoms with Crippen molar-refractivity contribution >= 4 is 24.7 Å². The molecule has 5 N–H and O–H groups in total. The van der Waals surface area contributed by atoms with E-state index in [0.717, 1.165) is 0 Å². The van der Waals surface area contributed by atoms with Gasteiger partial charge in [-0.25, -0.2) is 5.09 Å². The molecule has 0 aromatic heterocycles. The number of carbonyl (C=O) groups is 2. The van der Waals surface area contributed by atoms with Crippen LogP contribution in [0.4, 0.5) is 0 Å². The molecule has 4 heterocycles. The number of esters is 1. The highest BCUT2D eigenvalue weighted by Gasteiger charge is 2.56. The number of benzene rings is 2. The van der Waals surface area contributed by atoms with E-state index in [1.54, 1.807) is 31.2 Å². The first-order valence-corrected chi connectivity index (χ1v) is 18.2. The number of amides is 1. The minimum atomic E-state index is -4.32. The van der Waals surface area contributed by atoms with Crippen LogP contribution in [-0.4, -0.2) is 111 Å². The molecule has 1 aliphatic carbocycles. The van der Waals surface area contributed by atoms with Gasteiger partial charge in [0.25, 0.3) is 0 Å². The van der Waals surface area contributed by atoms with Crippen LogP contribution >= 0.6 is 7.52 Å². The average molecular weight is 737 g/mol. The Balaban J connectivity index is 1.28. The van der Waals surface area contributed by atoms with Crippen molar-refractivity contribution in [1.82, 2.24) is 10.4 Å². The van der Waals surface area contributed by atoms with Crippen LogP contribution < -0.4 is 34.7 Å². The molecule has 11 atom stereocenters. The van der Waals surface area contributed by atoms with Gasteiger partial charge in [-0.1, -0.05) is 0 Å². The van der Waals surface area contributed by atoms with Crippen LogP contribution in [0.5, 0.6) is 23.0 Å². The van der Waals surface area contributed by atoms with E-state index in [1.807, 2.05) is 0 Å². The van der Waals surface area contributed by atoms with Gasteiger partial charge in [-0.2, -0.15) is 0 Å². The normalized spacial score (nSPS) is 33.3. The maximum absolute atomic E-state index is 13.7. The average Bonchev–Trinajstić information content (AvgIpc) is 3.73. The highest BCUT2D eigenvalue weighted by molar-refractivity contribution is 7.64. The van der Waals surface area contributed by atoms with E-state index in [4.69, 9.17) is 42.6 Å². The molecule has 278 valence electrons. The largest absolute Gasteiger partial charge is 0.496 e. The zero-order valence-corrected chi connectivity index (χ0v) is 29.2. The van der Waals surface area contributed by atoms with Crippen LogP contribution in [0, 0.1) is 11.8 Å². The Bertz CT molecular complexity index is 1700. The standard InChI is InChI=1S/C33H41N2O15P/c1-14(36)34-5-6-35-51(40,41)31-22(42-3)7-16(8-23(31)43-4)25-17-9-20-21(47-13-46-20)10-18(17)29(19-11-45-32(39)26(19)25)50-33-28(38)27(37)30-24(49-33)12-44-15(2)48-30/h7-10,15,19,24-30,33,37-38H,5-6,11-13H2,1-4H3,(H,34,36)(H2,35,40,41)/t15?,19-,24?,25+,26-,27?,28?,29+,30?,33?/m0/s1. The number of rotatable bonds is 10. The van der Waals surface area contributed by atoms with Crippen LogP contribution in [0.25, 0.3) is 0 Å². The van der Waals surface area contributed by atoms with Crippen molar-refractivity contribution in [2.24, 2.45) is 11.8 Å². The van der Waals surface area contributed by atoms with Crippen LogP contribution in [0.15, 0.2) is 24.3 Å². The van der Waals surface area contributed by atoms with E-state index in [9.17, 15) is 29.3 Å². The van der Waals surface area contributed by atoms with Crippen molar-refractivity contribution in [3.8, 4) is 23.0 Å². The topological polar surface area (TPSA) is 219 Å². The predicted molar refractivity (Wildman–Crippen MR) is 173 cm³/mol. The van der Waals surface area contributed by atoms with Gasteiger partial charge in [0, 0.05) is 31.8 Å². The predicted octanol–water partition coefficient (Wildman–Crippen LogP) is 0.169. The van der Waals surface area contributed by atoms with E-state index < -0.39 is 74.3 Å². The van der Waals surface area contributed by atoms with Gasteiger partial charge < -0.3 is 63.1 Å². The Morgan fingerprint density at radius 3 is 2.31 bits per heavy atom. The highest BCUT2D eigenvalue weighted by Crippen LogP contribution is 2.57. The third kappa shape index (κ3) is 6.55. The summed E-state index contributed by atoms with van der Waals surface area (Å²) in [6.45, 7) is 3.16. The van der Waals surface area contributed by atoms with E-state index in [1.165, 1.54) is 21.1 Å². The summed E-state index contributed by atoms with van der Waals surface area (Å²) in [5.41, 5.74) is 1.70. The summed E-state index contributed by atoms with van der Waals surface area (Å²) in [7, 11) is -1.62. The van der Waals surface area contributed by atoms with Gasteiger partial charge in [-0.05, 0) is 47.9 Å². The molecule has 0 radical (unpaired) electrons. The summed E-state index contributed by atoms with van der Waals surface area (Å²) in [5.74, 6) is -2.05. The Morgan fingerprint density at radius 2 is 1.65 bits per heavy atom. The molecule has 3 saturated heterocycles. The van der Waals surface area contributed by atoms with Crippen LogP contribution in [0.2, 0.25) is 0 Å². The summed E-state index contributed by atoms with van der Waals surface area (Å²) in [6, 6.07) is 6.66. The summed E-state index contributed by atoms with van der Waals surface area (Å²) >= 11 is 0. The van der Waals surface area contributed by atoms with Crippen molar-refractivity contribution in [1.29, 1.82) is 0 Å². The monoisotopic (exact) mass is 736 g/mol. The number of hydrogen-bond donors (Lipinski definition) is 5. The molecule has 3 fully saturated rings. The second-order valence-corrected chi connectivity index (χ2v) is 14.9. The summed E-state index contributed by atoms with van der Waals surface area (Å²) in [5, 5.41) is 27.2. The minimum Gasteiger partial charge on any atom is -0.496 e. The SMILES string of the molecule is COc1cc([C@@H]2c3cc4c(cc3[C@@H](OC3OC5COC(C)OC5C(O)C3O)[C@H]3COC(=O)[C@H]23)OCO4)cc(OC)c1P(=O)(O)NCCNC(C)=O. The molecule has 0 bridgehead atoms. The first-order chi connectivity index (χ1) is 24.4. The van der Waals surface area contributed by atoms with Gasteiger partial charge in [0.1, 0.15) is 41.2 Å². The first kappa shape index (κ1) is 35.9. The number of hydrogen-bond acceptors (Lipinski definition) is 14. The third-order valence-electron chi connectivity index (χ3n) is 9.87. The molecule has 0 saturated carbocycles. The number of nitrogens with one attached hydrogen (secondary N) is 2. The molecular weight excluding hydrogens is 695 g/mol. The third-order valence-corrected chi connectivity index (χ3v) is 11.6. The fourth-order valence-electron chi connectivity index (χ4n) is 7.56. The summed E-state index contributed by atoms with van der Waals surface area (Å²) in [4.78, 5) is 36.1. The zero-order chi connectivity index (χ0) is 36.2. The lowest BCUT2D eigenvalue weighted by Gasteiger charge is -2.47. The maximum atomic E-state index is 13.7. The van der Waals surface area contributed by atoms with Gasteiger partial charge in [-0.3, -0.25) is 14.2 Å². The van der Waals surface area contributed by atoms with Crippen molar-refractivity contribution in [3.63, 3.8) is 0 Å². The Labute approximate surface area is 292 Å². The number of methoxy groups -OCH3 is 2. The Kier molecular flexibility index (Phi) is 9.94. The zero-order valence-electron chi connectivity index (χ0n) is 28.3. The van der Waals surface area contributed by atoms with Gasteiger partial charge in [0.05, 0.1) is 39.5 Å². The van der Waals surface area contributed by atoms with Gasteiger partial charge in [0.2, 0.25) is 12.7 Å². The number of aliphatic hydroxyl groups is 2. The molecule has 0 spiro atoms. The number of cyclic esters (lactones) is 1. The molecule has 5 aliphatic rings. The van der Waals surface area contributed by atoms with Crippen LogP contribution in [0.1, 0.15) is 42.6 Å². The molecule has 51 heavy (non-hydrogen) atoms. The fraction of sp³-hybridized carbons (Fsp3) is 0.576. The Morgan fingerprint density at radius 1 is 0.961 bits per heavy atom. The lowest BCUT2D eigenvalue weighted by molar-refractivity contribution is -0.364. The van der Waals surface area contributed by atoms with Crippen molar-refractivity contribution in [2.75, 3.05) is 47.3 Å². The maximum Gasteiger partial charge on any atom is 0.310 e. The van der Waals surface area contributed by atoms with Crippen molar-refractivity contribution in [2.45, 2.75) is 62.9 Å². The van der Waals surface area contributed by atoms with Gasteiger partial charge in [-0.15, -0.1) is 0 Å². The van der Waals surface area contributed by atoms with Gasteiger partial charge in [0.15, 0.2) is 24.1 Å². The molecule has 4 aliphatic heterocycles. The van der Waals surface area contributed by atoms with E-state index in [-0.39, 0.29) is 55.8 Å². The summed E-state index contributed by atoms with van der Waals surface area (Å²) in [6.07, 6.45) is -7.20. The quantitative estimate of drug-likeness (QED) is 0.125. The summed E-state index contributed by atoms with van der Waals surface area (Å²) < 4.78 is 65.9. The lowest BCUT2D eigenvalue weighted by Crippen LogP contribution is -2.63. The second-order valence-electron chi connectivity index (χ2n) is 13.0. The molecule has 7 unspecified atom stereocenters. The molecule has 7 rings (SSSR count). The molecule has 2 aromatic carbocycles. The van der Waals surface area contributed by atoms with E-state index in [0.29, 0.717) is 28.2 Å².